The van der Waals surface area contributed by atoms with Crippen molar-refractivity contribution in [1.82, 2.24) is 4.98 Å². The number of nitrogens with one attached hydrogen (secondary N) is 1. The summed E-state index contributed by atoms with van der Waals surface area (Å²) in [5.74, 6) is -1.22. The number of carboxylic acid groups (broad SMARTS) is 1. The number of oxime groups is 1. The highest BCUT2D eigenvalue weighted by atomic mass is 16.6. The molecule has 1 aliphatic heterocycles. The zero-order valence-corrected chi connectivity index (χ0v) is 13.2. The first-order chi connectivity index (χ1) is 11.5. The summed E-state index contributed by atoms with van der Waals surface area (Å²) in [7, 11) is 1.56. The highest BCUT2D eigenvalue weighted by Crippen LogP contribution is 2.51. The van der Waals surface area contributed by atoms with Crippen LogP contribution < -0.4 is 10.3 Å². The quantitative estimate of drug-likeness (QED) is 0.839. The Kier molecular flexibility index (Phi) is 3.13. The van der Waals surface area contributed by atoms with E-state index in [9.17, 15) is 9.59 Å². The molecule has 0 bridgehead atoms. The van der Waals surface area contributed by atoms with Crippen LogP contribution in [0.2, 0.25) is 0 Å². The number of anilines is 1. The summed E-state index contributed by atoms with van der Waals surface area (Å²) >= 11 is 0. The summed E-state index contributed by atoms with van der Waals surface area (Å²) in [5.41, 5.74) is 2.11. The third-order valence-electron chi connectivity index (χ3n) is 4.96. The van der Waals surface area contributed by atoms with Gasteiger partial charge in [-0.2, -0.15) is 0 Å². The molecule has 2 aliphatic rings. The molecule has 0 radical (unpaired) electrons. The van der Waals surface area contributed by atoms with E-state index in [2.05, 4.69) is 15.0 Å². The molecule has 1 saturated heterocycles. The van der Waals surface area contributed by atoms with Crippen molar-refractivity contribution in [3.8, 4) is 0 Å². The SMILES string of the molecule is CON=C1CN(c2ccc3c(=O)c(C(=O)O)c[nH]c3c2)CC12CC2. The van der Waals surface area contributed by atoms with Gasteiger partial charge in [0.2, 0.25) is 5.43 Å². The minimum absolute atomic E-state index is 0.144. The van der Waals surface area contributed by atoms with Crippen LogP contribution in [-0.4, -0.2) is 42.0 Å². The van der Waals surface area contributed by atoms with Crippen molar-refractivity contribution in [1.29, 1.82) is 0 Å². The van der Waals surface area contributed by atoms with Gasteiger partial charge in [-0.05, 0) is 31.0 Å². The van der Waals surface area contributed by atoms with E-state index in [1.54, 1.807) is 13.2 Å². The van der Waals surface area contributed by atoms with Crippen LogP contribution in [0.4, 0.5) is 5.69 Å². The molecule has 1 aromatic heterocycles. The largest absolute Gasteiger partial charge is 0.477 e. The van der Waals surface area contributed by atoms with Crippen molar-refractivity contribution >= 4 is 28.3 Å². The predicted molar refractivity (Wildman–Crippen MR) is 89.9 cm³/mol. The molecule has 7 nitrogen and oxygen atoms in total. The summed E-state index contributed by atoms with van der Waals surface area (Å²) in [4.78, 5) is 33.4. The lowest BCUT2D eigenvalue weighted by Crippen LogP contribution is -2.20. The van der Waals surface area contributed by atoms with Crippen molar-refractivity contribution in [3.05, 3.63) is 40.2 Å². The number of carboxylic acids is 1. The lowest BCUT2D eigenvalue weighted by molar-refractivity contribution is 0.0695. The number of aromatic nitrogens is 1. The smallest absolute Gasteiger partial charge is 0.341 e. The van der Waals surface area contributed by atoms with Gasteiger partial charge in [-0.1, -0.05) is 5.16 Å². The maximum absolute atomic E-state index is 12.2. The maximum atomic E-state index is 12.2. The topological polar surface area (TPSA) is 95.0 Å². The molecule has 2 heterocycles. The van der Waals surface area contributed by atoms with E-state index in [0.29, 0.717) is 17.4 Å². The molecule has 0 atom stereocenters. The fourth-order valence-electron chi connectivity index (χ4n) is 3.44. The standard InChI is InChI=1S/C17H17N3O4/c1-24-19-14-8-20(9-17(14)4-5-17)10-2-3-11-13(6-10)18-7-12(15(11)21)16(22)23/h2-3,6-7H,4-5,8-9H2,1H3,(H,18,21)(H,22,23). The van der Waals surface area contributed by atoms with Gasteiger partial charge in [0.25, 0.3) is 0 Å². The first kappa shape index (κ1) is 14.7. The average Bonchev–Trinajstić information content (AvgIpc) is 3.24. The van der Waals surface area contributed by atoms with Crippen LogP contribution in [0, 0.1) is 5.41 Å². The summed E-state index contributed by atoms with van der Waals surface area (Å²) < 4.78 is 0. The second kappa shape index (κ2) is 5.09. The number of hydrogen-bond donors (Lipinski definition) is 2. The van der Waals surface area contributed by atoms with Crippen LogP contribution in [0.15, 0.2) is 34.3 Å². The molecule has 1 spiro atoms. The van der Waals surface area contributed by atoms with E-state index in [4.69, 9.17) is 9.94 Å². The van der Waals surface area contributed by atoms with Gasteiger partial charge in [0.1, 0.15) is 12.7 Å². The molecule has 0 unspecified atom stereocenters. The molecular weight excluding hydrogens is 310 g/mol. The fraction of sp³-hybridized carbons (Fsp3) is 0.353. The van der Waals surface area contributed by atoms with Crippen molar-refractivity contribution in [2.45, 2.75) is 12.8 Å². The zero-order valence-electron chi connectivity index (χ0n) is 13.2. The predicted octanol–water partition coefficient (Wildman–Crippen LogP) is 1.83. The summed E-state index contributed by atoms with van der Waals surface area (Å²) in [6.07, 6.45) is 3.50. The third kappa shape index (κ3) is 2.16. The van der Waals surface area contributed by atoms with E-state index in [-0.39, 0.29) is 11.0 Å². The number of aromatic amines is 1. The van der Waals surface area contributed by atoms with Crippen LogP contribution in [0.3, 0.4) is 0 Å². The van der Waals surface area contributed by atoms with E-state index < -0.39 is 11.4 Å². The van der Waals surface area contributed by atoms with Gasteiger partial charge in [0.15, 0.2) is 0 Å². The number of carbonyl (C=O) groups is 1. The molecule has 2 fully saturated rings. The highest BCUT2D eigenvalue weighted by molar-refractivity contribution is 6.00. The number of rotatable bonds is 3. The Labute approximate surface area is 137 Å². The molecule has 7 heteroatoms. The minimum Gasteiger partial charge on any atom is -0.477 e. The lowest BCUT2D eigenvalue weighted by Gasteiger charge is -2.18. The number of fused-ring (bicyclic) bond motifs is 1. The Bertz CT molecular complexity index is 927. The number of hydrogen-bond acceptors (Lipinski definition) is 5. The molecule has 2 aromatic rings. The number of pyridine rings is 1. The Morgan fingerprint density at radius 1 is 1.42 bits per heavy atom. The first-order valence-electron chi connectivity index (χ1n) is 7.78. The third-order valence-corrected chi connectivity index (χ3v) is 4.96. The van der Waals surface area contributed by atoms with Gasteiger partial charge >= 0.3 is 5.97 Å². The fourth-order valence-corrected chi connectivity index (χ4v) is 3.44. The number of benzene rings is 1. The molecule has 1 aliphatic carbocycles. The Hall–Kier alpha value is -2.83. The van der Waals surface area contributed by atoms with E-state index >= 15 is 0 Å². The second-order valence-electron chi connectivity index (χ2n) is 6.42. The molecule has 1 aromatic carbocycles. The second-order valence-corrected chi connectivity index (χ2v) is 6.42. The normalized spacial score (nSPS) is 20.0. The molecule has 24 heavy (non-hydrogen) atoms. The van der Waals surface area contributed by atoms with Crippen LogP contribution in [0.1, 0.15) is 23.2 Å². The summed E-state index contributed by atoms with van der Waals surface area (Å²) in [6, 6.07) is 5.42. The van der Waals surface area contributed by atoms with Crippen LogP contribution >= 0.6 is 0 Å². The Morgan fingerprint density at radius 2 is 2.21 bits per heavy atom. The van der Waals surface area contributed by atoms with Crippen molar-refractivity contribution in [3.63, 3.8) is 0 Å². The molecule has 4 rings (SSSR count). The highest BCUT2D eigenvalue weighted by Gasteiger charge is 2.53. The van der Waals surface area contributed by atoms with E-state index in [1.165, 1.54) is 6.20 Å². The van der Waals surface area contributed by atoms with Gasteiger partial charge in [-0.25, -0.2) is 4.79 Å². The van der Waals surface area contributed by atoms with E-state index in [0.717, 1.165) is 30.8 Å². The van der Waals surface area contributed by atoms with Crippen molar-refractivity contribution in [2.24, 2.45) is 10.6 Å². The molecule has 0 amide bonds. The van der Waals surface area contributed by atoms with Crippen LogP contribution in [0.25, 0.3) is 10.9 Å². The Balaban J connectivity index is 1.72. The maximum Gasteiger partial charge on any atom is 0.341 e. The Morgan fingerprint density at radius 3 is 2.88 bits per heavy atom. The summed E-state index contributed by atoms with van der Waals surface area (Å²) in [5, 5.41) is 13.6. The van der Waals surface area contributed by atoms with Crippen molar-refractivity contribution < 1.29 is 14.7 Å². The molecule has 1 saturated carbocycles. The lowest BCUT2D eigenvalue weighted by atomic mass is 10.1. The van der Waals surface area contributed by atoms with Gasteiger partial charge < -0.3 is 19.8 Å². The van der Waals surface area contributed by atoms with Gasteiger partial charge in [0.05, 0.1) is 17.8 Å². The van der Waals surface area contributed by atoms with Crippen molar-refractivity contribution in [2.75, 3.05) is 25.1 Å². The average molecular weight is 327 g/mol. The monoisotopic (exact) mass is 327 g/mol. The van der Waals surface area contributed by atoms with Crippen LogP contribution in [-0.2, 0) is 4.84 Å². The minimum atomic E-state index is -1.22. The van der Waals surface area contributed by atoms with Gasteiger partial charge in [0, 0.05) is 29.2 Å². The van der Waals surface area contributed by atoms with Gasteiger partial charge in [-0.3, -0.25) is 4.79 Å². The number of nitrogens with zero attached hydrogens (tertiary/aromatic N) is 2. The summed E-state index contributed by atoms with van der Waals surface area (Å²) in [6.45, 7) is 1.59. The number of aromatic carboxylic acids is 1. The molecular formula is C17H17N3O4. The molecule has 124 valence electrons. The zero-order chi connectivity index (χ0) is 16.9. The molecule has 2 N–H and O–H groups in total. The van der Waals surface area contributed by atoms with E-state index in [1.807, 2.05) is 12.1 Å². The van der Waals surface area contributed by atoms with Gasteiger partial charge in [-0.15, -0.1) is 0 Å². The van der Waals surface area contributed by atoms with Crippen LogP contribution in [0.5, 0.6) is 0 Å². The first-order valence-corrected chi connectivity index (χ1v) is 7.78. The number of H-pyrrole nitrogens is 1.